The second-order valence-electron chi connectivity index (χ2n) is 4.18. The maximum absolute atomic E-state index is 11.1. The summed E-state index contributed by atoms with van der Waals surface area (Å²) < 4.78 is 0. The third-order valence-corrected chi connectivity index (χ3v) is 2.45. The van der Waals surface area contributed by atoms with E-state index in [4.69, 9.17) is 0 Å². The van der Waals surface area contributed by atoms with Crippen LogP contribution in [0.1, 0.15) is 20.3 Å². The standard InChI is InChI=1S/C10H18N2O2/c1-8(2)5-9-6-11-10(14)7-12(9)3-4-13/h4,8-9H,3,5-7H2,1-2H3,(H,11,14). The second kappa shape index (κ2) is 5.10. The highest BCUT2D eigenvalue weighted by Gasteiger charge is 2.26. The summed E-state index contributed by atoms with van der Waals surface area (Å²) >= 11 is 0. The molecule has 80 valence electrons. The van der Waals surface area contributed by atoms with E-state index in [9.17, 15) is 9.59 Å². The summed E-state index contributed by atoms with van der Waals surface area (Å²) in [6.45, 7) is 5.69. The molecule has 0 radical (unpaired) electrons. The lowest BCUT2D eigenvalue weighted by Gasteiger charge is -2.35. The zero-order valence-electron chi connectivity index (χ0n) is 8.82. The summed E-state index contributed by atoms with van der Waals surface area (Å²) in [5.41, 5.74) is 0. The lowest BCUT2D eigenvalue weighted by atomic mass is 10.0. The van der Waals surface area contributed by atoms with Crippen molar-refractivity contribution in [2.24, 2.45) is 5.92 Å². The van der Waals surface area contributed by atoms with Crippen LogP contribution < -0.4 is 5.32 Å². The Labute approximate surface area is 84.7 Å². The molecule has 1 atom stereocenters. The minimum atomic E-state index is 0.0202. The van der Waals surface area contributed by atoms with Gasteiger partial charge in [0.1, 0.15) is 6.29 Å². The maximum atomic E-state index is 11.1. The summed E-state index contributed by atoms with van der Waals surface area (Å²) in [5, 5.41) is 2.83. The number of carbonyl (C=O) groups is 2. The molecule has 14 heavy (non-hydrogen) atoms. The van der Waals surface area contributed by atoms with Gasteiger partial charge in [-0.1, -0.05) is 13.8 Å². The molecule has 0 aromatic carbocycles. The lowest BCUT2D eigenvalue weighted by Crippen LogP contribution is -2.55. The van der Waals surface area contributed by atoms with Crippen molar-refractivity contribution >= 4 is 12.2 Å². The molecule has 4 heteroatoms. The Hall–Kier alpha value is -0.900. The van der Waals surface area contributed by atoms with Crippen LogP contribution >= 0.6 is 0 Å². The monoisotopic (exact) mass is 198 g/mol. The van der Waals surface area contributed by atoms with Crippen molar-refractivity contribution in [3.63, 3.8) is 0 Å². The molecular formula is C10H18N2O2. The van der Waals surface area contributed by atoms with Crippen LogP contribution in [0.25, 0.3) is 0 Å². The van der Waals surface area contributed by atoms with Gasteiger partial charge in [0.25, 0.3) is 0 Å². The van der Waals surface area contributed by atoms with E-state index in [1.807, 2.05) is 4.90 Å². The summed E-state index contributed by atoms with van der Waals surface area (Å²) in [5.74, 6) is 0.607. The fraction of sp³-hybridized carbons (Fsp3) is 0.800. The van der Waals surface area contributed by atoms with Crippen molar-refractivity contribution in [2.45, 2.75) is 26.3 Å². The van der Waals surface area contributed by atoms with E-state index in [1.54, 1.807) is 0 Å². The number of carbonyl (C=O) groups excluding carboxylic acids is 2. The first kappa shape index (κ1) is 11.2. The highest BCUT2D eigenvalue weighted by molar-refractivity contribution is 5.79. The molecular weight excluding hydrogens is 180 g/mol. The SMILES string of the molecule is CC(C)CC1CNC(=O)CN1CC=O. The van der Waals surface area contributed by atoms with Crippen LogP contribution in [0.15, 0.2) is 0 Å². The average Bonchev–Trinajstić information content (AvgIpc) is 2.09. The number of nitrogens with zero attached hydrogens (tertiary/aromatic N) is 1. The minimum absolute atomic E-state index is 0.0202. The molecule has 1 heterocycles. The van der Waals surface area contributed by atoms with Gasteiger partial charge >= 0.3 is 0 Å². The fourth-order valence-corrected chi connectivity index (χ4v) is 1.82. The Morgan fingerprint density at radius 3 is 2.93 bits per heavy atom. The molecule has 0 saturated carbocycles. The summed E-state index contributed by atoms with van der Waals surface area (Å²) in [6.07, 6.45) is 1.89. The topological polar surface area (TPSA) is 49.4 Å². The van der Waals surface area contributed by atoms with E-state index in [-0.39, 0.29) is 5.91 Å². The molecule has 1 fully saturated rings. The first-order valence-electron chi connectivity index (χ1n) is 5.08. The molecule has 1 saturated heterocycles. The van der Waals surface area contributed by atoms with Gasteiger partial charge in [-0.25, -0.2) is 0 Å². The average molecular weight is 198 g/mol. The van der Waals surface area contributed by atoms with Gasteiger partial charge in [0, 0.05) is 12.6 Å². The van der Waals surface area contributed by atoms with E-state index in [0.29, 0.717) is 31.6 Å². The third-order valence-electron chi connectivity index (χ3n) is 2.45. The van der Waals surface area contributed by atoms with E-state index in [2.05, 4.69) is 19.2 Å². The summed E-state index contributed by atoms with van der Waals surface area (Å²) in [7, 11) is 0. The number of hydrogen-bond donors (Lipinski definition) is 1. The van der Waals surface area contributed by atoms with Crippen molar-refractivity contribution in [1.29, 1.82) is 0 Å². The van der Waals surface area contributed by atoms with E-state index in [0.717, 1.165) is 12.7 Å². The molecule has 1 unspecified atom stereocenters. The van der Waals surface area contributed by atoms with E-state index in [1.165, 1.54) is 0 Å². The van der Waals surface area contributed by atoms with Crippen molar-refractivity contribution in [3.05, 3.63) is 0 Å². The Balaban J connectivity index is 2.52. The van der Waals surface area contributed by atoms with Gasteiger partial charge in [-0.05, 0) is 12.3 Å². The minimum Gasteiger partial charge on any atom is -0.353 e. The first-order valence-corrected chi connectivity index (χ1v) is 5.08. The molecule has 1 rings (SSSR count). The molecule has 0 aromatic heterocycles. The quantitative estimate of drug-likeness (QED) is 0.648. The van der Waals surface area contributed by atoms with Gasteiger partial charge in [0.2, 0.25) is 5.91 Å². The zero-order valence-corrected chi connectivity index (χ0v) is 8.82. The predicted molar refractivity (Wildman–Crippen MR) is 53.9 cm³/mol. The summed E-state index contributed by atoms with van der Waals surface area (Å²) in [4.78, 5) is 23.5. The molecule has 1 aliphatic rings. The molecule has 0 aromatic rings. The van der Waals surface area contributed by atoms with Crippen LogP contribution in [-0.2, 0) is 9.59 Å². The van der Waals surface area contributed by atoms with Gasteiger partial charge in [-0.3, -0.25) is 9.69 Å². The number of piperazine rings is 1. The van der Waals surface area contributed by atoms with Crippen LogP contribution in [0.5, 0.6) is 0 Å². The zero-order chi connectivity index (χ0) is 10.6. The van der Waals surface area contributed by atoms with Gasteiger partial charge in [0.15, 0.2) is 0 Å². The highest BCUT2D eigenvalue weighted by atomic mass is 16.2. The van der Waals surface area contributed by atoms with E-state index >= 15 is 0 Å². The van der Waals surface area contributed by atoms with Gasteiger partial charge < -0.3 is 10.1 Å². The van der Waals surface area contributed by atoms with Crippen LogP contribution in [0.3, 0.4) is 0 Å². The number of nitrogens with one attached hydrogen (secondary N) is 1. The normalized spacial score (nSPS) is 23.6. The van der Waals surface area contributed by atoms with Crippen molar-refractivity contribution in [3.8, 4) is 0 Å². The Bertz CT molecular complexity index is 216. The van der Waals surface area contributed by atoms with Gasteiger partial charge in [-0.2, -0.15) is 0 Å². The van der Waals surface area contributed by atoms with Crippen LogP contribution in [0.2, 0.25) is 0 Å². The predicted octanol–water partition coefficient (Wildman–Crippen LogP) is 0.0318. The van der Waals surface area contributed by atoms with E-state index < -0.39 is 0 Å². The Kier molecular flexibility index (Phi) is 4.07. The number of hydrogen-bond acceptors (Lipinski definition) is 3. The van der Waals surface area contributed by atoms with Crippen molar-refractivity contribution in [1.82, 2.24) is 10.2 Å². The van der Waals surface area contributed by atoms with Crippen LogP contribution in [0, 0.1) is 5.92 Å². The number of rotatable bonds is 4. The first-order chi connectivity index (χ1) is 6.63. The molecule has 0 bridgehead atoms. The third kappa shape index (κ3) is 3.10. The maximum Gasteiger partial charge on any atom is 0.234 e. The smallest absolute Gasteiger partial charge is 0.234 e. The Morgan fingerprint density at radius 1 is 1.64 bits per heavy atom. The van der Waals surface area contributed by atoms with Crippen molar-refractivity contribution in [2.75, 3.05) is 19.6 Å². The second-order valence-corrected chi connectivity index (χ2v) is 4.18. The highest BCUT2D eigenvalue weighted by Crippen LogP contribution is 2.12. The van der Waals surface area contributed by atoms with Gasteiger partial charge in [0.05, 0.1) is 13.1 Å². The lowest BCUT2D eigenvalue weighted by molar-refractivity contribution is -0.126. The van der Waals surface area contributed by atoms with Crippen LogP contribution in [-0.4, -0.2) is 42.8 Å². The fourth-order valence-electron chi connectivity index (χ4n) is 1.82. The molecule has 1 aliphatic heterocycles. The number of aldehydes is 1. The molecule has 1 N–H and O–H groups in total. The molecule has 1 amide bonds. The largest absolute Gasteiger partial charge is 0.353 e. The van der Waals surface area contributed by atoms with Crippen molar-refractivity contribution < 1.29 is 9.59 Å². The molecule has 0 aliphatic carbocycles. The van der Waals surface area contributed by atoms with Crippen LogP contribution in [0.4, 0.5) is 0 Å². The Morgan fingerprint density at radius 2 is 2.36 bits per heavy atom. The summed E-state index contributed by atoms with van der Waals surface area (Å²) in [6, 6.07) is 0.317. The number of amides is 1. The molecule has 0 spiro atoms. The van der Waals surface area contributed by atoms with Gasteiger partial charge in [-0.15, -0.1) is 0 Å². The molecule has 4 nitrogen and oxygen atoms in total.